The fourth-order valence-corrected chi connectivity index (χ4v) is 2.89. The summed E-state index contributed by atoms with van der Waals surface area (Å²) < 4.78 is 0. The van der Waals surface area contributed by atoms with Crippen molar-refractivity contribution in [3.8, 4) is 0 Å². The molecule has 94 valence electrons. The lowest BCUT2D eigenvalue weighted by Gasteiger charge is -2.28. The highest BCUT2D eigenvalue weighted by Crippen LogP contribution is 2.34. The molecule has 2 rings (SSSR count). The van der Waals surface area contributed by atoms with Crippen molar-refractivity contribution in [3.63, 3.8) is 0 Å². The van der Waals surface area contributed by atoms with Crippen LogP contribution in [0.15, 0.2) is 18.2 Å². The molecule has 1 fully saturated rings. The van der Waals surface area contributed by atoms with Crippen molar-refractivity contribution < 1.29 is 10.2 Å². The number of benzene rings is 1. The molecule has 0 radical (unpaired) electrons. The monoisotopic (exact) mass is 274 g/mol. The molecule has 0 spiro atoms. The molecule has 0 aromatic heterocycles. The zero-order valence-electron chi connectivity index (χ0n) is 9.50. The van der Waals surface area contributed by atoms with E-state index >= 15 is 0 Å². The van der Waals surface area contributed by atoms with E-state index in [2.05, 4.69) is 0 Å². The number of halogens is 2. The van der Waals surface area contributed by atoms with Crippen LogP contribution in [0.5, 0.6) is 0 Å². The molecule has 4 heteroatoms. The lowest BCUT2D eigenvalue weighted by Crippen LogP contribution is -2.40. The smallest absolute Gasteiger partial charge is 0.0908 e. The fourth-order valence-electron chi connectivity index (χ4n) is 2.41. The zero-order valence-corrected chi connectivity index (χ0v) is 11.0. The first kappa shape index (κ1) is 13.2. The van der Waals surface area contributed by atoms with Gasteiger partial charge in [0.15, 0.2) is 0 Å². The van der Waals surface area contributed by atoms with E-state index in [4.69, 9.17) is 23.2 Å². The van der Waals surface area contributed by atoms with Crippen molar-refractivity contribution >= 4 is 23.2 Å². The van der Waals surface area contributed by atoms with Gasteiger partial charge in [-0.2, -0.15) is 0 Å². The van der Waals surface area contributed by atoms with Crippen LogP contribution in [0.3, 0.4) is 0 Å². The summed E-state index contributed by atoms with van der Waals surface area (Å²) in [5.74, 6) is 0. The van der Waals surface area contributed by atoms with Gasteiger partial charge in [-0.3, -0.25) is 0 Å². The molecule has 0 heterocycles. The van der Waals surface area contributed by atoms with E-state index in [0.29, 0.717) is 29.3 Å². The number of aliphatic hydroxyl groups excluding tert-OH is 1. The Morgan fingerprint density at radius 3 is 2.47 bits per heavy atom. The molecule has 1 saturated carbocycles. The van der Waals surface area contributed by atoms with E-state index < -0.39 is 11.7 Å². The molecule has 0 amide bonds. The van der Waals surface area contributed by atoms with Crippen LogP contribution >= 0.6 is 23.2 Å². The highest BCUT2D eigenvalue weighted by atomic mass is 35.5. The van der Waals surface area contributed by atoms with Gasteiger partial charge in [0.05, 0.1) is 11.7 Å². The van der Waals surface area contributed by atoms with E-state index in [0.717, 1.165) is 18.4 Å². The summed E-state index contributed by atoms with van der Waals surface area (Å²) in [5.41, 5.74) is -0.118. The Kier molecular flexibility index (Phi) is 3.99. The summed E-state index contributed by atoms with van der Waals surface area (Å²) in [5, 5.41) is 21.5. The maximum absolute atomic E-state index is 10.2. The lowest BCUT2D eigenvalue weighted by atomic mass is 9.90. The van der Waals surface area contributed by atoms with Crippen molar-refractivity contribution in [1.82, 2.24) is 0 Å². The second kappa shape index (κ2) is 5.15. The van der Waals surface area contributed by atoms with E-state index in [1.165, 1.54) is 0 Å². The topological polar surface area (TPSA) is 40.5 Å². The Labute approximate surface area is 111 Å². The summed E-state index contributed by atoms with van der Waals surface area (Å²) in [6, 6.07) is 5.20. The third-order valence-corrected chi connectivity index (χ3v) is 4.10. The van der Waals surface area contributed by atoms with Gasteiger partial charge in [-0.05, 0) is 30.5 Å². The molecular formula is C13H16Cl2O2. The van der Waals surface area contributed by atoms with E-state index in [1.54, 1.807) is 18.2 Å². The Hall–Kier alpha value is -0.280. The maximum atomic E-state index is 10.2. The van der Waals surface area contributed by atoms with Gasteiger partial charge in [0, 0.05) is 16.5 Å². The Morgan fingerprint density at radius 2 is 1.88 bits per heavy atom. The quantitative estimate of drug-likeness (QED) is 0.889. The molecule has 2 N–H and O–H groups in total. The standard InChI is InChI=1S/C13H16Cl2O2/c14-10-4-3-9(11(15)8-10)7-12(16)13(17)5-1-2-6-13/h3-4,8,12,16-17H,1-2,5-7H2. The van der Waals surface area contributed by atoms with Gasteiger partial charge in [-0.1, -0.05) is 42.1 Å². The first-order valence-corrected chi connectivity index (χ1v) is 6.61. The third-order valence-electron chi connectivity index (χ3n) is 3.52. The minimum absolute atomic E-state index is 0.368. The Balaban J connectivity index is 2.10. The fraction of sp³-hybridized carbons (Fsp3) is 0.538. The van der Waals surface area contributed by atoms with Gasteiger partial charge in [0.25, 0.3) is 0 Å². The Bertz CT molecular complexity index is 400. The molecule has 0 bridgehead atoms. The molecule has 0 aliphatic heterocycles. The van der Waals surface area contributed by atoms with Gasteiger partial charge in [0.1, 0.15) is 0 Å². The minimum Gasteiger partial charge on any atom is -0.390 e. The van der Waals surface area contributed by atoms with Crippen molar-refractivity contribution in [2.45, 2.75) is 43.8 Å². The minimum atomic E-state index is -0.942. The second-order valence-corrected chi connectivity index (χ2v) is 5.61. The molecule has 0 saturated heterocycles. The van der Waals surface area contributed by atoms with E-state index in [9.17, 15) is 10.2 Å². The van der Waals surface area contributed by atoms with Crippen LogP contribution in [-0.2, 0) is 6.42 Å². The largest absolute Gasteiger partial charge is 0.390 e. The van der Waals surface area contributed by atoms with Crippen LogP contribution in [0.25, 0.3) is 0 Å². The highest BCUT2D eigenvalue weighted by Gasteiger charge is 2.38. The van der Waals surface area contributed by atoms with Gasteiger partial charge in [-0.15, -0.1) is 0 Å². The van der Waals surface area contributed by atoms with Gasteiger partial charge in [-0.25, -0.2) is 0 Å². The summed E-state index contributed by atoms with van der Waals surface area (Å²) in [7, 11) is 0. The second-order valence-electron chi connectivity index (χ2n) is 4.77. The number of hydrogen-bond donors (Lipinski definition) is 2. The van der Waals surface area contributed by atoms with E-state index in [1.807, 2.05) is 0 Å². The lowest BCUT2D eigenvalue weighted by molar-refractivity contribution is -0.0689. The van der Waals surface area contributed by atoms with Crippen LogP contribution in [0.4, 0.5) is 0 Å². The summed E-state index contributed by atoms with van der Waals surface area (Å²) >= 11 is 11.9. The molecule has 1 unspecified atom stereocenters. The first-order chi connectivity index (χ1) is 8.01. The predicted octanol–water partition coefficient (Wildman–Crippen LogP) is 3.20. The summed E-state index contributed by atoms with van der Waals surface area (Å²) in [6.45, 7) is 0. The molecule has 1 atom stereocenters. The van der Waals surface area contributed by atoms with Crippen molar-refractivity contribution in [2.75, 3.05) is 0 Å². The molecule has 1 aromatic carbocycles. The van der Waals surface area contributed by atoms with Crippen LogP contribution in [-0.4, -0.2) is 21.9 Å². The predicted molar refractivity (Wildman–Crippen MR) is 69.6 cm³/mol. The molecular weight excluding hydrogens is 259 g/mol. The van der Waals surface area contributed by atoms with Crippen LogP contribution < -0.4 is 0 Å². The normalized spacial score (nSPS) is 20.5. The molecule has 2 nitrogen and oxygen atoms in total. The zero-order chi connectivity index (χ0) is 12.5. The maximum Gasteiger partial charge on any atom is 0.0908 e. The van der Waals surface area contributed by atoms with Crippen LogP contribution in [0.1, 0.15) is 31.2 Å². The molecule has 1 aliphatic carbocycles. The third kappa shape index (κ3) is 2.94. The van der Waals surface area contributed by atoms with Crippen molar-refractivity contribution in [3.05, 3.63) is 33.8 Å². The average Bonchev–Trinajstić information content (AvgIpc) is 2.71. The number of rotatable bonds is 3. The summed E-state index contributed by atoms with van der Waals surface area (Å²) in [6.07, 6.45) is 2.89. The molecule has 17 heavy (non-hydrogen) atoms. The van der Waals surface area contributed by atoms with Crippen LogP contribution in [0, 0.1) is 0 Å². The van der Waals surface area contributed by atoms with Gasteiger partial charge >= 0.3 is 0 Å². The number of hydrogen-bond acceptors (Lipinski definition) is 2. The van der Waals surface area contributed by atoms with Crippen molar-refractivity contribution in [2.24, 2.45) is 0 Å². The average molecular weight is 275 g/mol. The Morgan fingerprint density at radius 1 is 1.24 bits per heavy atom. The first-order valence-electron chi connectivity index (χ1n) is 5.86. The van der Waals surface area contributed by atoms with E-state index in [-0.39, 0.29) is 0 Å². The van der Waals surface area contributed by atoms with Gasteiger partial charge < -0.3 is 10.2 Å². The molecule has 1 aromatic rings. The molecule has 1 aliphatic rings. The number of aliphatic hydroxyl groups is 2. The van der Waals surface area contributed by atoms with Crippen molar-refractivity contribution in [1.29, 1.82) is 0 Å². The van der Waals surface area contributed by atoms with Gasteiger partial charge in [0.2, 0.25) is 0 Å². The van der Waals surface area contributed by atoms with Crippen LogP contribution in [0.2, 0.25) is 10.0 Å². The summed E-state index contributed by atoms with van der Waals surface area (Å²) in [4.78, 5) is 0. The highest BCUT2D eigenvalue weighted by molar-refractivity contribution is 6.35. The SMILES string of the molecule is OC(Cc1ccc(Cl)cc1Cl)C1(O)CCCC1.